The molecule has 0 saturated carbocycles. The number of halogens is 1. The fourth-order valence-corrected chi connectivity index (χ4v) is 4.26. The molecule has 0 aliphatic rings. The van der Waals surface area contributed by atoms with Gasteiger partial charge in [0.15, 0.2) is 0 Å². The van der Waals surface area contributed by atoms with Gasteiger partial charge in [0.2, 0.25) is 0 Å². The summed E-state index contributed by atoms with van der Waals surface area (Å²) in [5.74, 6) is -0.139. The lowest BCUT2D eigenvalue weighted by atomic mass is 9.81. The SMILES string of the molecule is Cn1ccc2c(C(C)(C)C)c(-c3cc4cc(F)c(C(C)(C)C)cc4[nH]3)ccc21. The van der Waals surface area contributed by atoms with Crippen LogP contribution in [-0.4, -0.2) is 9.55 Å². The fourth-order valence-electron chi connectivity index (χ4n) is 4.26. The van der Waals surface area contributed by atoms with E-state index in [0.29, 0.717) is 0 Å². The predicted octanol–water partition coefficient (Wildman–Crippen LogP) is 7.06. The lowest BCUT2D eigenvalue weighted by molar-refractivity contribution is 0.524. The van der Waals surface area contributed by atoms with Gasteiger partial charge in [-0.05, 0) is 52.3 Å². The van der Waals surface area contributed by atoms with Crippen molar-refractivity contribution in [3.8, 4) is 11.3 Å². The number of hydrogen-bond donors (Lipinski definition) is 1. The van der Waals surface area contributed by atoms with Crippen molar-refractivity contribution in [2.45, 2.75) is 52.4 Å². The van der Waals surface area contributed by atoms with Crippen LogP contribution >= 0.6 is 0 Å². The van der Waals surface area contributed by atoms with Crippen LogP contribution in [0.25, 0.3) is 33.1 Å². The second-order valence-corrected chi connectivity index (χ2v) is 9.95. The average molecular weight is 377 g/mol. The van der Waals surface area contributed by atoms with Gasteiger partial charge < -0.3 is 9.55 Å². The number of nitrogens with one attached hydrogen (secondary N) is 1. The summed E-state index contributed by atoms with van der Waals surface area (Å²) in [4.78, 5) is 3.56. The molecule has 4 rings (SSSR count). The van der Waals surface area contributed by atoms with Crippen LogP contribution in [0.1, 0.15) is 52.7 Å². The minimum Gasteiger partial charge on any atom is -0.355 e. The highest BCUT2D eigenvalue weighted by Gasteiger charge is 2.24. The summed E-state index contributed by atoms with van der Waals surface area (Å²) in [6.07, 6.45) is 2.11. The van der Waals surface area contributed by atoms with Crippen LogP contribution in [0.15, 0.2) is 42.6 Å². The van der Waals surface area contributed by atoms with Crippen molar-refractivity contribution in [1.29, 1.82) is 0 Å². The Kier molecular flexibility index (Phi) is 4.01. The highest BCUT2D eigenvalue weighted by atomic mass is 19.1. The van der Waals surface area contributed by atoms with Crippen molar-refractivity contribution in [3.63, 3.8) is 0 Å². The zero-order chi connectivity index (χ0) is 20.4. The molecule has 0 spiro atoms. The number of aryl methyl sites for hydroxylation is 1. The molecule has 0 fully saturated rings. The maximum Gasteiger partial charge on any atom is 0.127 e. The Hall–Kier alpha value is -2.55. The van der Waals surface area contributed by atoms with E-state index >= 15 is 0 Å². The Morgan fingerprint density at radius 2 is 1.61 bits per heavy atom. The molecule has 0 aliphatic carbocycles. The molecule has 0 bridgehead atoms. The zero-order valence-electron chi connectivity index (χ0n) is 17.9. The fraction of sp³-hybridized carbons (Fsp3) is 0.360. The normalized spacial score (nSPS) is 13.0. The van der Waals surface area contributed by atoms with Crippen LogP contribution in [0.5, 0.6) is 0 Å². The van der Waals surface area contributed by atoms with Crippen molar-refractivity contribution in [1.82, 2.24) is 9.55 Å². The largest absolute Gasteiger partial charge is 0.355 e. The van der Waals surface area contributed by atoms with Gasteiger partial charge >= 0.3 is 0 Å². The molecule has 2 nitrogen and oxygen atoms in total. The lowest BCUT2D eigenvalue weighted by Crippen LogP contribution is -2.13. The molecule has 0 atom stereocenters. The summed E-state index contributed by atoms with van der Waals surface area (Å²) < 4.78 is 16.8. The van der Waals surface area contributed by atoms with E-state index in [-0.39, 0.29) is 16.6 Å². The van der Waals surface area contributed by atoms with Gasteiger partial charge in [0.25, 0.3) is 0 Å². The minimum atomic E-state index is -0.233. The highest BCUT2D eigenvalue weighted by Crippen LogP contribution is 2.40. The Balaban J connectivity index is 1.99. The lowest BCUT2D eigenvalue weighted by Gasteiger charge is -2.24. The van der Waals surface area contributed by atoms with Crippen molar-refractivity contribution < 1.29 is 4.39 Å². The molecule has 0 unspecified atom stereocenters. The number of hydrogen-bond acceptors (Lipinski definition) is 0. The maximum absolute atomic E-state index is 14.7. The summed E-state index contributed by atoms with van der Waals surface area (Å²) in [7, 11) is 2.08. The quantitative estimate of drug-likeness (QED) is 0.367. The van der Waals surface area contributed by atoms with Gasteiger partial charge in [-0.2, -0.15) is 0 Å². The molecular weight excluding hydrogens is 347 g/mol. The molecule has 0 radical (unpaired) electrons. The van der Waals surface area contributed by atoms with E-state index in [1.165, 1.54) is 22.0 Å². The first kappa shape index (κ1) is 18.8. The molecular formula is C25H29FN2. The molecule has 0 aliphatic heterocycles. The van der Waals surface area contributed by atoms with Gasteiger partial charge in [0, 0.05) is 46.3 Å². The van der Waals surface area contributed by atoms with E-state index in [0.717, 1.165) is 22.2 Å². The standard InChI is InChI=1S/C25H29FN2/c1-24(2,3)18-14-20-15(12-19(18)26)13-21(27-20)16-8-9-22-17(10-11-28(22)7)23(16)25(4,5)6/h8-14,27H,1-7H3. The molecule has 0 saturated heterocycles. The van der Waals surface area contributed by atoms with Crippen LogP contribution in [0, 0.1) is 5.82 Å². The summed E-state index contributed by atoms with van der Waals surface area (Å²) >= 11 is 0. The van der Waals surface area contributed by atoms with E-state index < -0.39 is 0 Å². The van der Waals surface area contributed by atoms with E-state index in [9.17, 15) is 4.39 Å². The molecule has 4 aromatic rings. The van der Waals surface area contributed by atoms with E-state index in [4.69, 9.17) is 0 Å². The van der Waals surface area contributed by atoms with Crippen LogP contribution in [0.3, 0.4) is 0 Å². The number of aromatic nitrogens is 2. The summed E-state index contributed by atoms with van der Waals surface area (Å²) in [5.41, 5.74) is 6.23. The molecule has 2 aromatic carbocycles. The molecule has 1 N–H and O–H groups in total. The van der Waals surface area contributed by atoms with Gasteiger partial charge in [-0.15, -0.1) is 0 Å². The average Bonchev–Trinajstić information content (AvgIpc) is 3.14. The zero-order valence-corrected chi connectivity index (χ0v) is 17.9. The topological polar surface area (TPSA) is 20.7 Å². The number of rotatable bonds is 1. The third-order valence-electron chi connectivity index (χ3n) is 5.62. The molecule has 28 heavy (non-hydrogen) atoms. The van der Waals surface area contributed by atoms with Gasteiger partial charge in [0.05, 0.1) is 0 Å². The number of nitrogens with zero attached hydrogens (tertiary/aromatic N) is 1. The first-order valence-corrected chi connectivity index (χ1v) is 9.88. The molecule has 2 heterocycles. The van der Waals surface area contributed by atoms with Crippen LogP contribution in [0.4, 0.5) is 4.39 Å². The number of benzene rings is 2. The molecule has 0 amide bonds. The first-order valence-electron chi connectivity index (χ1n) is 9.88. The summed E-state index contributed by atoms with van der Waals surface area (Å²) in [5, 5.41) is 2.18. The van der Waals surface area contributed by atoms with Crippen LogP contribution < -0.4 is 0 Å². The minimum absolute atomic E-state index is 0.0185. The third kappa shape index (κ3) is 2.94. The highest BCUT2D eigenvalue weighted by molar-refractivity contribution is 5.94. The smallest absolute Gasteiger partial charge is 0.127 e. The van der Waals surface area contributed by atoms with Crippen LogP contribution in [0.2, 0.25) is 0 Å². The second-order valence-electron chi connectivity index (χ2n) is 9.95. The predicted molar refractivity (Wildman–Crippen MR) is 118 cm³/mol. The molecule has 3 heteroatoms. The van der Waals surface area contributed by atoms with Gasteiger partial charge in [-0.25, -0.2) is 4.39 Å². The Bertz CT molecular complexity index is 1190. The third-order valence-corrected chi connectivity index (χ3v) is 5.62. The number of H-pyrrole nitrogens is 1. The van der Waals surface area contributed by atoms with Crippen molar-refractivity contribution in [3.05, 3.63) is 59.5 Å². The van der Waals surface area contributed by atoms with E-state index in [2.05, 4.69) is 67.8 Å². The monoisotopic (exact) mass is 376 g/mol. The summed E-state index contributed by atoms with van der Waals surface area (Å²) in [6.45, 7) is 12.9. The Morgan fingerprint density at radius 3 is 2.25 bits per heavy atom. The maximum atomic E-state index is 14.7. The van der Waals surface area contributed by atoms with Crippen molar-refractivity contribution in [2.24, 2.45) is 7.05 Å². The van der Waals surface area contributed by atoms with Gasteiger partial charge in [-0.1, -0.05) is 47.6 Å². The number of fused-ring (bicyclic) bond motifs is 2. The first-order chi connectivity index (χ1) is 13.0. The van der Waals surface area contributed by atoms with Crippen molar-refractivity contribution in [2.75, 3.05) is 0 Å². The van der Waals surface area contributed by atoms with Crippen molar-refractivity contribution >= 4 is 21.8 Å². The summed E-state index contributed by atoms with van der Waals surface area (Å²) in [6, 6.07) is 12.3. The molecule has 2 aromatic heterocycles. The van der Waals surface area contributed by atoms with Crippen LogP contribution in [-0.2, 0) is 17.9 Å². The van der Waals surface area contributed by atoms with Gasteiger partial charge in [0.1, 0.15) is 5.82 Å². The second kappa shape index (κ2) is 5.97. The van der Waals surface area contributed by atoms with E-state index in [1.54, 1.807) is 6.07 Å². The Labute approximate surface area is 166 Å². The van der Waals surface area contributed by atoms with E-state index in [1.807, 2.05) is 26.8 Å². The molecule has 146 valence electrons. The Morgan fingerprint density at radius 1 is 0.893 bits per heavy atom. The number of aromatic amines is 1. The van der Waals surface area contributed by atoms with Gasteiger partial charge in [-0.3, -0.25) is 0 Å².